The van der Waals surface area contributed by atoms with Gasteiger partial charge in [0.15, 0.2) is 11.5 Å². The van der Waals surface area contributed by atoms with Crippen molar-refractivity contribution < 1.29 is 9.47 Å². The predicted octanol–water partition coefficient (Wildman–Crippen LogP) is 5.11. The summed E-state index contributed by atoms with van der Waals surface area (Å²) in [6, 6.07) is 9.41. The van der Waals surface area contributed by atoms with E-state index < -0.39 is 0 Å². The van der Waals surface area contributed by atoms with Crippen molar-refractivity contribution >= 4 is 34.0 Å². The molecule has 1 aromatic heterocycles. The number of halogens is 1. The monoisotopic (exact) mass is 381 g/mol. The van der Waals surface area contributed by atoms with Crippen molar-refractivity contribution in [3.8, 4) is 23.8 Å². The number of hydrogen-bond donors (Lipinski definition) is 1. The fourth-order valence-corrected chi connectivity index (χ4v) is 2.97. The van der Waals surface area contributed by atoms with Crippen LogP contribution in [0.25, 0.3) is 10.9 Å². The number of nitrogens with zero attached hydrogens (tertiary/aromatic N) is 2. The van der Waals surface area contributed by atoms with Gasteiger partial charge in [0, 0.05) is 22.7 Å². The molecule has 2 aromatic carbocycles. The largest absolute Gasteiger partial charge is 0.490 e. The molecule has 0 aliphatic heterocycles. The van der Waals surface area contributed by atoms with E-state index in [0.29, 0.717) is 36.0 Å². The smallest absolute Gasteiger partial charge is 0.224 e. The van der Waals surface area contributed by atoms with Gasteiger partial charge in [-0.1, -0.05) is 12.0 Å². The molecular weight excluding hydrogens is 362 g/mol. The second-order valence-electron chi connectivity index (χ2n) is 5.77. The van der Waals surface area contributed by atoms with Gasteiger partial charge in [-0.3, -0.25) is 0 Å². The SMILES string of the molecule is C#Cc1cccc(Nc2nc(Cl)nc3cc(OCC)c(OCC)cc23)c1C. The minimum Gasteiger partial charge on any atom is -0.490 e. The van der Waals surface area contributed by atoms with Crippen molar-refractivity contribution in [3.05, 3.63) is 46.7 Å². The highest BCUT2D eigenvalue weighted by atomic mass is 35.5. The molecule has 0 radical (unpaired) electrons. The zero-order chi connectivity index (χ0) is 19.4. The zero-order valence-corrected chi connectivity index (χ0v) is 16.2. The lowest BCUT2D eigenvalue weighted by Crippen LogP contribution is -2.02. The molecule has 0 bridgehead atoms. The van der Waals surface area contributed by atoms with Crippen molar-refractivity contribution in [2.45, 2.75) is 20.8 Å². The van der Waals surface area contributed by atoms with Gasteiger partial charge in [-0.05, 0) is 56.1 Å². The van der Waals surface area contributed by atoms with Crippen molar-refractivity contribution in [2.75, 3.05) is 18.5 Å². The summed E-state index contributed by atoms with van der Waals surface area (Å²) in [7, 11) is 0. The van der Waals surface area contributed by atoms with Gasteiger partial charge in [-0.15, -0.1) is 6.42 Å². The lowest BCUT2D eigenvalue weighted by Gasteiger charge is -2.15. The number of hydrogen-bond acceptors (Lipinski definition) is 5. The Kier molecular flexibility index (Phi) is 5.68. The first-order valence-corrected chi connectivity index (χ1v) is 9.05. The maximum absolute atomic E-state index is 6.15. The van der Waals surface area contributed by atoms with Gasteiger partial charge in [0.1, 0.15) is 5.82 Å². The predicted molar refractivity (Wildman–Crippen MR) is 109 cm³/mol. The van der Waals surface area contributed by atoms with E-state index in [-0.39, 0.29) is 5.28 Å². The number of ether oxygens (including phenoxy) is 2. The van der Waals surface area contributed by atoms with Crippen LogP contribution >= 0.6 is 11.6 Å². The van der Waals surface area contributed by atoms with Gasteiger partial charge in [0.25, 0.3) is 0 Å². The van der Waals surface area contributed by atoms with Crippen molar-refractivity contribution in [1.82, 2.24) is 9.97 Å². The molecule has 0 atom stereocenters. The number of nitrogens with one attached hydrogen (secondary N) is 1. The molecule has 0 saturated heterocycles. The Morgan fingerprint density at radius 1 is 1.11 bits per heavy atom. The number of fused-ring (bicyclic) bond motifs is 1. The maximum atomic E-state index is 6.15. The Morgan fingerprint density at radius 3 is 2.48 bits per heavy atom. The van der Waals surface area contributed by atoms with E-state index >= 15 is 0 Å². The summed E-state index contributed by atoms with van der Waals surface area (Å²) >= 11 is 6.15. The lowest BCUT2D eigenvalue weighted by atomic mass is 10.1. The summed E-state index contributed by atoms with van der Waals surface area (Å²) in [6.07, 6.45) is 5.57. The maximum Gasteiger partial charge on any atom is 0.224 e. The highest BCUT2D eigenvalue weighted by Crippen LogP contribution is 2.36. The van der Waals surface area contributed by atoms with Crippen LogP contribution in [0.4, 0.5) is 11.5 Å². The minimum absolute atomic E-state index is 0.141. The second kappa shape index (κ2) is 8.15. The average molecular weight is 382 g/mol. The Balaban J connectivity index is 2.15. The first-order valence-electron chi connectivity index (χ1n) is 8.67. The number of terminal acetylenes is 1. The van der Waals surface area contributed by atoms with Gasteiger partial charge in [-0.25, -0.2) is 4.98 Å². The quantitative estimate of drug-likeness (QED) is 0.474. The first kappa shape index (κ1) is 18.8. The van der Waals surface area contributed by atoms with E-state index in [9.17, 15) is 0 Å². The summed E-state index contributed by atoms with van der Waals surface area (Å²) in [5.74, 6) is 4.51. The molecule has 1 heterocycles. The standard InChI is InChI=1S/C21H20ClN3O2/c1-5-14-9-8-10-16(13(14)4)23-20-15-11-18(26-6-2)19(27-7-3)12-17(15)24-21(22)25-20/h1,8-12H,6-7H2,2-4H3,(H,23,24,25). The van der Waals surface area contributed by atoms with E-state index in [1.807, 2.05) is 51.1 Å². The van der Waals surface area contributed by atoms with E-state index in [4.69, 9.17) is 27.5 Å². The van der Waals surface area contributed by atoms with Crippen LogP contribution in [0.15, 0.2) is 30.3 Å². The Labute approximate surface area is 163 Å². The Hall–Kier alpha value is -2.97. The molecule has 3 aromatic rings. The molecule has 0 amide bonds. The number of aromatic nitrogens is 2. The molecule has 0 unspecified atom stereocenters. The molecule has 0 spiro atoms. The molecule has 5 nitrogen and oxygen atoms in total. The van der Waals surface area contributed by atoms with Gasteiger partial charge in [-0.2, -0.15) is 4.98 Å². The summed E-state index contributed by atoms with van der Waals surface area (Å²) in [5, 5.41) is 4.24. The summed E-state index contributed by atoms with van der Waals surface area (Å²) in [6.45, 7) is 6.84. The third kappa shape index (κ3) is 3.91. The first-order chi connectivity index (χ1) is 13.1. The normalized spacial score (nSPS) is 10.5. The molecule has 6 heteroatoms. The molecule has 1 N–H and O–H groups in total. The minimum atomic E-state index is 0.141. The number of rotatable bonds is 6. The zero-order valence-electron chi connectivity index (χ0n) is 15.5. The van der Waals surface area contributed by atoms with Crippen LogP contribution in [0.5, 0.6) is 11.5 Å². The molecule has 27 heavy (non-hydrogen) atoms. The van der Waals surface area contributed by atoms with Crippen molar-refractivity contribution in [1.29, 1.82) is 0 Å². The van der Waals surface area contributed by atoms with Gasteiger partial charge < -0.3 is 14.8 Å². The Morgan fingerprint density at radius 2 is 1.81 bits per heavy atom. The fraction of sp³-hybridized carbons (Fsp3) is 0.238. The highest BCUT2D eigenvalue weighted by molar-refractivity contribution is 6.28. The van der Waals surface area contributed by atoms with E-state index in [1.165, 1.54) is 0 Å². The molecule has 3 rings (SSSR count). The van der Waals surface area contributed by atoms with Crippen LogP contribution < -0.4 is 14.8 Å². The molecular formula is C21H20ClN3O2. The molecule has 0 aliphatic rings. The van der Waals surface area contributed by atoms with Gasteiger partial charge in [0.05, 0.1) is 18.7 Å². The molecule has 0 aliphatic carbocycles. The van der Waals surface area contributed by atoms with Crippen LogP contribution in [0, 0.1) is 19.3 Å². The van der Waals surface area contributed by atoms with Crippen molar-refractivity contribution in [3.63, 3.8) is 0 Å². The number of benzene rings is 2. The lowest BCUT2D eigenvalue weighted by molar-refractivity contribution is 0.288. The topological polar surface area (TPSA) is 56.3 Å². The van der Waals surface area contributed by atoms with Gasteiger partial charge in [0.2, 0.25) is 5.28 Å². The third-order valence-electron chi connectivity index (χ3n) is 4.08. The Bertz CT molecular complexity index is 1030. The summed E-state index contributed by atoms with van der Waals surface area (Å²) in [5.41, 5.74) is 3.29. The van der Waals surface area contributed by atoms with E-state index in [0.717, 1.165) is 22.2 Å². The van der Waals surface area contributed by atoms with Crippen LogP contribution in [0.1, 0.15) is 25.0 Å². The molecule has 138 valence electrons. The van der Waals surface area contributed by atoms with Crippen LogP contribution in [0.3, 0.4) is 0 Å². The second-order valence-corrected chi connectivity index (χ2v) is 6.11. The van der Waals surface area contributed by atoms with Crippen molar-refractivity contribution in [2.24, 2.45) is 0 Å². The average Bonchev–Trinajstić information content (AvgIpc) is 2.64. The van der Waals surface area contributed by atoms with Crippen LogP contribution in [-0.2, 0) is 0 Å². The number of anilines is 2. The van der Waals surface area contributed by atoms with Crippen LogP contribution in [0.2, 0.25) is 5.28 Å². The van der Waals surface area contributed by atoms with E-state index in [2.05, 4.69) is 21.2 Å². The van der Waals surface area contributed by atoms with Gasteiger partial charge >= 0.3 is 0 Å². The van der Waals surface area contributed by atoms with Crippen LogP contribution in [-0.4, -0.2) is 23.2 Å². The third-order valence-corrected chi connectivity index (χ3v) is 4.25. The van der Waals surface area contributed by atoms with E-state index in [1.54, 1.807) is 0 Å². The highest BCUT2D eigenvalue weighted by Gasteiger charge is 2.14. The summed E-state index contributed by atoms with van der Waals surface area (Å²) < 4.78 is 11.4. The fourth-order valence-electron chi connectivity index (χ4n) is 2.80. The summed E-state index contributed by atoms with van der Waals surface area (Å²) in [4.78, 5) is 8.69. The molecule has 0 saturated carbocycles. The molecule has 0 fully saturated rings.